The molecule has 1 nitrogen and oxygen atoms in total. The van der Waals surface area contributed by atoms with E-state index in [1.165, 1.54) is 49.7 Å². The van der Waals surface area contributed by atoms with E-state index >= 15 is 0 Å². The maximum atomic E-state index is 6.79. The van der Waals surface area contributed by atoms with Crippen molar-refractivity contribution in [3.63, 3.8) is 0 Å². The van der Waals surface area contributed by atoms with E-state index in [0.29, 0.717) is 5.92 Å². The first-order valence-corrected chi connectivity index (χ1v) is 8.45. The van der Waals surface area contributed by atoms with Crippen molar-refractivity contribution in [2.75, 3.05) is 0 Å². The van der Waals surface area contributed by atoms with Gasteiger partial charge >= 0.3 is 0 Å². The fourth-order valence-electron chi connectivity index (χ4n) is 3.68. The molecule has 0 N–H and O–H groups in total. The lowest BCUT2D eigenvalue weighted by atomic mass is 9.90. The van der Waals surface area contributed by atoms with Crippen LogP contribution in [0, 0.1) is 5.92 Å². The Morgan fingerprint density at radius 3 is 2.55 bits per heavy atom. The zero-order chi connectivity index (χ0) is 14.2. The summed E-state index contributed by atoms with van der Waals surface area (Å²) in [7, 11) is 0. The highest BCUT2D eigenvalue weighted by atomic mass is 35.5. The van der Waals surface area contributed by atoms with Crippen molar-refractivity contribution >= 4 is 11.6 Å². The summed E-state index contributed by atoms with van der Waals surface area (Å²) in [6.07, 6.45) is 9.01. The van der Waals surface area contributed by atoms with Crippen LogP contribution < -0.4 is 4.74 Å². The molecule has 0 amide bonds. The number of benzene rings is 1. The Kier molecular flexibility index (Phi) is 3.99. The molecule has 1 saturated carbocycles. The van der Waals surface area contributed by atoms with Crippen molar-refractivity contribution in [3.05, 3.63) is 29.3 Å². The number of alkyl halides is 1. The molecule has 20 heavy (non-hydrogen) atoms. The van der Waals surface area contributed by atoms with E-state index in [-0.39, 0.29) is 11.0 Å². The molecule has 1 atom stereocenters. The van der Waals surface area contributed by atoms with E-state index in [9.17, 15) is 0 Å². The van der Waals surface area contributed by atoms with Crippen LogP contribution >= 0.6 is 11.6 Å². The Morgan fingerprint density at radius 2 is 1.85 bits per heavy atom. The minimum atomic E-state index is -0.0644. The fourth-order valence-corrected chi connectivity index (χ4v) is 4.06. The molecule has 1 aliphatic heterocycles. The first kappa shape index (κ1) is 14.3. The Balaban J connectivity index is 1.77. The summed E-state index contributed by atoms with van der Waals surface area (Å²) in [5.74, 6) is 1.69. The SMILES string of the molecule is CC1(C)Cc2cc(C(Cl)C3CCCCCC3)ccc2O1. The largest absolute Gasteiger partial charge is 0.487 e. The number of ether oxygens (including phenoxy) is 1. The summed E-state index contributed by atoms with van der Waals surface area (Å²) in [4.78, 5) is 0. The molecular formula is C18H25ClO. The van der Waals surface area contributed by atoms with E-state index in [4.69, 9.17) is 16.3 Å². The molecule has 0 saturated heterocycles. The van der Waals surface area contributed by atoms with Crippen LogP contribution in [0.25, 0.3) is 0 Å². The van der Waals surface area contributed by atoms with Gasteiger partial charge in [0.15, 0.2) is 0 Å². The van der Waals surface area contributed by atoms with Crippen molar-refractivity contribution in [2.45, 2.75) is 69.8 Å². The topological polar surface area (TPSA) is 9.23 Å². The average Bonchev–Trinajstić information content (AvgIpc) is 2.59. The van der Waals surface area contributed by atoms with Gasteiger partial charge in [-0.25, -0.2) is 0 Å². The lowest BCUT2D eigenvalue weighted by Gasteiger charge is -2.21. The predicted octanol–water partition coefficient (Wildman–Crippen LogP) is 5.65. The minimum Gasteiger partial charge on any atom is -0.487 e. The van der Waals surface area contributed by atoms with Crippen molar-refractivity contribution in [3.8, 4) is 5.75 Å². The highest BCUT2D eigenvalue weighted by molar-refractivity contribution is 6.21. The molecule has 0 aromatic heterocycles. The summed E-state index contributed by atoms with van der Waals surface area (Å²) in [5.41, 5.74) is 2.55. The van der Waals surface area contributed by atoms with E-state index in [1.807, 2.05) is 0 Å². The Bertz CT molecular complexity index is 472. The van der Waals surface area contributed by atoms with Crippen LogP contribution in [0.3, 0.4) is 0 Å². The van der Waals surface area contributed by atoms with Crippen LogP contribution in [0.4, 0.5) is 0 Å². The third-order valence-corrected chi connectivity index (χ3v) is 5.33. The van der Waals surface area contributed by atoms with Crippen LogP contribution in [0.15, 0.2) is 18.2 Å². The Hall–Kier alpha value is -0.690. The second-order valence-electron chi connectivity index (χ2n) is 7.06. The standard InChI is InChI=1S/C18H25ClO/c1-18(2)12-15-11-14(9-10-16(15)20-18)17(19)13-7-5-3-4-6-8-13/h9-11,13,17H,3-8,12H2,1-2H3. The molecule has 2 heteroatoms. The molecule has 1 unspecified atom stereocenters. The van der Waals surface area contributed by atoms with Crippen LogP contribution in [0.1, 0.15) is 68.9 Å². The number of hydrogen-bond donors (Lipinski definition) is 0. The van der Waals surface area contributed by atoms with E-state index in [1.54, 1.807) is 0 Å². The van der Waals surface area contributed by atoms with E-state index in [2.05, 4.69) is 32.0 Å². The van der Waals surface area contributed by atoms with Gasteiger partial charge in [0.1, 0.15) is 11.4 Å². The van der Waals surface area contributed by atoms with Gasteiger partial charge in [0.2, 0.25) is 0 Å². The van der Waals surface area contributed by atoms with Crippen molar-refractivity contribution in [1.82, 2.24) is 0 Å². The van der Waals surface area contributed by atoms with Crippen molar-refractivity contribution in [2.24, 2.45) is 5.92 Å². The minimum absolute atomic E-state index is 0.0644. The smallest absolute Gasteiger partial charge is 0.123 e. The van der Waals surface area contributed by atoms with Crippen LogP contribution in [-0.2, 0) is 6.42 Å². The third kappa shape index (κ3) is 2.98. The summed E-state index contributed by atoms with van der Waals surface area (Å²) < 4.78 is 5.95. The van der Waals surface area contributed by atoms with Crippen LogP contribution in [0.2, 0.25) is 0 Å². The van der Waals surface area contributed by atoms with Gasteiger partial charge in [0, 0.05) is 6.42 Å². The lowest BCUT2D eigenvalue weighted by Crippen LogP contribution is -2.24. The predicted molar refractivity (Wildman–Crippen MR) is 84.6 cm³/mol. The number of hydrogen-bond acceptors (Lipinski definition) is 1. The zero-order valence-electron chi connectivity index (χ0n) is 12.6. The van der Waals surface area contributed by atoms with Gasteiger partial charge < -0.3 is 4.74 Å². The molecule has 0 bridgehead atoms. The van der Waals surface area contributed by atoms with Gasteiger partial charge in [-0.3, -0.25) is 0 Å². The molecule has 2 aliphatic rings. The maximum absolute atomic E-state index is 6.79. The second kappa shape index (κ2) is 5.60. The van der Waals surface area contributed by atoms with Gasteiger partial charge in [-0.05, 0) is 49.8 Å². The molecule has 1 aromatic rings. The highest BCUT2D eigenvalue weighted by Gasteiger charge is 2.31. The molecule has 1 heterocycles. The van der Waals surface area contributed by atoms with Crippen molar-refractivity contribution < 1.29 is 4.74 Å². The molecule has 3 rings (SSSR count). The summed E-state index contributed by atoms with van der Waals surface area (Å²) >= 11 is 6.79. The highest BCUT2D eigenvalue weighted by Crippen LogP contribution is 2.41. The Morgan fingerprint density at radius 1 is 1.15 bits per heavy atom. The monoisotopic (exact) mass is 292 g/mol. The fraction of sp³-hybridized carbons (Fsp3) is 0.667. The first-order chi connectivity index (χ1) is 9.55. The molecule has 0 radical (unpaired) electrons. The average molecular weight is 293 g/mol. The molecule has 110 valence electrons. The third-order valence-electron chi connectivity index (χ3n) is 4.72. The number of rotatable bonds is 2. The normalized spacial score (nSPS) is 23.8. The zero-order valence-corrected chi connectivity index (χ0v) is 13.4. The van der Waals surface area contributed by atoms with Gasteiger partial charge in [-0.2, -0.15) is 0 Å². The number of fused-ring (bicyclic) bond motifs is 1. The summed E-state index contributed by atoms with van der Waals surface area (Å²) in [5, 5.41) is 0.169. The molecule has 1 fully saturated rings. The van der Waals surface area contributed by atoms with Gasteiger partial charge in [0.25, 0.3) is 0 Å². The van der Waals surface area contributed by atoms with Crippen molar-refractivity contribution in [1.29, 1.82) is 0 Å². The molecule has 1 aromatic carbocycles. The quantitative estimate of drug-likeness (QED) is 0.505. The summed E-state index contributed by atoms with van der Waals surface area (Å²) in [6.45, 7) is 4.30. The van der Waals surface area contributed by atoms with E-state index < -0.39 is 0 Å². The number of halogens is 1. The van der Waals surface area contributed by atoms with Gasteiger partial charge in [0.05, 0.1) is 5.38 Å². The second-order valence-corrected chi connectivity index (χ2v) is 7.53. The maximum Gasteiger partial charge on any atom is 0.123 e. The molecular weight excluding hydrogens is 268 g/mol. The summed E-state index contributed by atoms with van der Waals surface area (Å²) in [6, 6.07) is 6.57. The van der Waals surface area contributed by atoms with Crippen LogP contribution in [-0.4, -0.2) is 5.60 Å². The molecule has 0 spiro atoms. The Labute approximate surface area is 127 Å². The van der Waals surface area contributed by atoms with Gasteiger partial charge in [-0.1, -0.05) is 37.8 Å². The van der Waals surface area contributed by atoms with Crippen LogP contribution in [0.5, 0.6) is 5.75 Å². The first-order valence-electron chi connectivity index (χ1n) is 8.01. The lowest BCUT2D eigenvalue weighted by molar-refractivity contribution is 0.138. The molecule has 1 aliphatic carbocycles. The van der Waals surface area contributed by atoms with Gasteiger partial charge in [-0.15, -0.1) is 11.6 Å². The van der Waals surface area contributed by atoms with E-state index in [0.717, 1.165) is 12.2 Å².